The van der Waals surface area contributed by atoms with Crippen molar-refractivity contribution >= 4 is 0 Å². The van der Waals surface area contributed by atoms with Crippen LogP contribution in [0.4, 0.5) is 26.3 Å². The Labute approximate surface area is 122 Å². The van der Waals surface area contributed by atoms with E-state index >= 15 is 0 Å². The minimum absolute atomic E-state index is 0.0961. The fourth-order valence-corrected chi connectivity index (χ4v) is 1.99. The zero-order chi connectivity index (χ0) is 16.5. The minimum atomic E-state index is -4.88. The third-order valence-electron chi connectivity index (χ3n) is 3.01. The van der Waals surface area contributed by atoms with Crippen LogP contribution in [0.5, 0.6) is 5.75 Å². The van der Waals surface area contributed by atoms with Gasteiger partial charge in [0.25, 0.3) is 0 Å². The Morgan fingerprint density at radius 3 is 1.73 bits per heavy atom. The summed E-state index contributed by atoms with van der Waals surface area (Å²) >= 11 is 0. The highest BCUT2D eigenvalue weighted by atomic mass is 19.4. The Morgan fingerprint density at radius 1 is 0.773 bits per heavy atom. The van der Waals surface area contributed by atoms with Crippen molar-refractivity contribution in [1.82, 2.24) is 0 Å². The largest absolute Gasteiger partial charge is 0.496 e. The zero-order valence-electron chi connectivity index (χ0n) is 11.2. The van der Waals surface area contributed by atoms with E-state index in [1.807, 2.05) is 0 Å². The Morgan fingerprint density at radius 2 is 1.27 bits per heavy atom. The topological polar surface area (TPSA) is 9.23 Å². The molecule has 0 aromatic heterocycles. The maximum atomic E-state index is 12.8. The molecular formula is C15H10F6O. The molecule has 118 valence electrons. The van der Waals surface area contributed by atoms with Crippen molar-refractivity contribution in [2.45, 2.75) is 12.4 Å². The summed E-state index contributed by atoms with van der Waals surface area (Å²) in [6.07, 6.45) is -9.75. The molecule has 2 aromatic rings. The summed E-state index contributed by atoms with van der Waals surface area (Å²) < 4.78 is 82.0. The van der Waals surface area contributed by atoms with Crippen LogP contribution in [-0.2, 0) is 12.4 Å². The molecule has 0 fully saturated rings. The summed E-state index contributed by atoms with van der Waals surface area (Å²) in [4.78, 5) is 0. The molecule has 0 unspecified atom stereocenters. The van der Waals surface area contributed by atoms with Crippen LogP contribution in [0.15, 0.2) is 42.5 Å². The second-order valence-corrected chi connectivity index (χ2v) is 4.49. The summed E-state index contributed by atoms with van der Waals surface area (Å²) in [5.41, 5.74) is -2.77. The lowest BCUT2D eigenvalue weighted by Crippen LogP contribution is -2.11. The van der Waals surface area contributed by atoms with E-state index in [1.54, 1.807) is 6.07 Å². The SMILES string of the molecule is COc1ccccc1-c1cc(C(F)(F)F)cc(C(F)(F)F)c1. The van der Waals surface area contributed by atoms with Crippen molar-refractivity contribution in [3.8, 4) is 16.9 Å². The number of methoxy groups -OCH3 is 1. The molecule has 1 nitrogen and oxygen atoms in total. The van der Waals surface area contributed by atoms with Crippen LogP contribution < -0.4 is 4.74 Å². The van der Waals surface area contributed by atoms with Gasteiger partial charge < -0.3 is 4.74 Å². The van der Waals surface area contributed by atoms with Crippen molar-refractivity contribution in [3.63, 3.8) is 0 Å². The standard InChI is InChI=1S/C15H10F6O/c1-22-13-5-3-2-4-12(13)9-6-10(14(16,17)18)8-11(7-9)15(19,20)21/h2-8H,1H3. The first kappa shape index (κ1) is 16.2. The molecule has 0 aliphatic carbocycles. The zero-order valence-corrected chi connectivity index (χ0v) is 11.2. The van der Waals surface area contributed by atoms with Crippen molar-refractivity contribution in [3.05, 3.63) is 53.6 Å². The number of alkyl halides is 6. The van der Waals surface area contributed by atoms with Crippen LogP contribution in [-0.4, -0.2) is 7.11 Å². The monoisotopic (exact) mass is 320 g/mol. The molecule has 7 heteroatoms. The van der Waals surface area contributed by atoms with Crippen LogP contribution in [0, 0.1) is 0 Å². The number of hydrogen-bond donors (Lipinski definition) is 0. The van der Waals surface area contributed by atoms with Gasteiger partial charge in [0.2, 0.25) is 0 Å². The summed E-state index contributed by atoms with van der Waals surface area (Å²) in [6, 6.07) is 7.38. The maximum absolute atomic E-state index is 12.8. The molecule has 0 atom stereocenters. The lowest BCUT2D eigenvalue weighted by molar-refractivity contribution is -0.143. The van der Waals surface area contributed by atoms with Gasteiger partial charge in [-0.25, -0.2) is 0 Å². The molecule has 0 amide bonds. The number of hydrogen-bond acceptors (Lipinski definition) is 1. The minimum Gasteiger partial charge on any atom is -0.496 e. The molecular weight excluding hydrogens is 310 g/mol. The summed E-state index contributed by atoms with van der Waals surface area (Å²) in [7, 11) is 1.29. The number of ether oxygens (including phenoxy) is 1. The van der Waals surface area contributed by atoms with Gasteiger partial charge >= 0.3 is 12.4 Å². The predicted octanol–water partition coefficient (Wildman–Crippen LogP) is 5.40. The third kappa shape index (κ3) is 3.35. The van der Waals surface area contributed by atoms with Gasteiger partial charge in [-0.2, -0.15) is 26.3 Å². The summed E-state index contributed by atoms with van der Waals surface area (Å²) in [5.74, 6) is 0.190. The van der Waals surface area contributed by atoms with Crippen LogP contribution in [0.25, 0.3) is 11.1 Å². The highest BCUT2D eigenvalue weighted by Crippen LogP contribution is 2.40. The Hall–Kier alpha value is -2.18. The van der Waals surface area contributed by atoms with E-state index < -0.39 is 23.5 Å². The van der Waals surface area contributed by atoms with Crippen molar-refractivity contribution < 1.29 is 31.1 Å². The number of para-hydroxylation sites is 1. The molecule has 2 rings (SSSR count). The first-order valence-electron chi connectivity index (χ1n) is 6.06. The first-order valence-corrected chi connectivity index (χ1v) is 6.06. The molecule has 0 heterocycles. The maximum Gasteiger partial charge on any atom is 0.416 e. The number of rotatable bonds is 2. The molecule has 0 aliphatic rings. The second-order valence-electron chi connectivity index (χ2n) is 4.49. The normalized spacial score (nSPS) is 12.3. The summed E-state index contributed by atoms with van der Waals surface area (Å²) in [6.45, 7) is 0. The van der Waals surface area contributed by atoms with E-state index in [0.29, 0.717) is 12.1 Å². The highest BCUT2D eigenvalue weighted by Gasteiger charge is 2.37. The molecule has 0 saturated carbocycles. The molecule has 0 radical (unpaired) electrons. The fraction of sp³-hybridized carbons (Fsp3) is 0.200. The summed E-state index contributed by atoms with van der Waals surface area (Å²) in [5, 5.41) is 0. The van der Waals surface area contributed by atoms with Gasteiger partial charge in [-0.1, -0.05) is 18.2 Å². The Bertz CT molecular complexity index is 640. The lowest BCUT2D eigenvalue weighted by atomic mass is 9.98. The van der Waals surface area contributed by atoms with Crippen LogP contribution >= 0.6 is 0 Å². The van der Waals surface area contributed by atoms with Gasteiger partial charge in [0, 0.05) is 5.56 Å². The van der Waals surface area contributed by atoms with Crippen molar-refractivity contribution in [2.75, 3.05) is 7.11 Å². The van der Waals surface area contributed by atoms with Gasteiger partial charge in [-0.15, -0.1) is 0 Å². The molecule has 22 heavy (non-hydrogen) atoms. The van der Waals surface area contributed by atoms with E-state index in [4.69, 9.17) is 4.74 Å². The lowest BCUT2D eigenvalue weighted by Gasteiger charge is -2.15. The van der Waals surface area contributed by atoms with Gasteiger partial charge in [0.1, 0.15) is 5.75 Å². The van der Waals surface area contributed by atoms with Crippen molar-refractivity contribution in [1.29, 1.82) is 0 Å². The quantitative estimate of drug-likeness (QED) is 0.673. The number of halogens is 6. The van der Waals surface area contributed by atoms with Gasteiger partial charge in [0.15, 0.2) is 0 Å². The Balaban J connectivity index is 2.70. The molecule has 0 saturated heterocycles. The average molecular weight is 320 g/mol. The number of benzene rings is 2. The molecule has 0 spiro atoms. The molecule has 0 aliphatic heterocycles. The Kier molecular flexibility index (Phi) is 4.08. The van der Waals surface area contributed by atoms with E-state index in [2.05, 4.69) is 0 Å². The van der Waals surface area contributed by atoms with E-state index in [1.165, 1.54) is 25.3 Å². The van der Waals surface area contributed by atoms with Gasteiger partial charge in [-0.05, 0) is 29.8 Å². The molecule has 0 N–H and O–H groups in total. The van der Waals surface area contributed by atoms with Crippen LogP contribution in [0.2, 0.25) is 0 Å². The second kappa shape index (κ2) is 5.55. The molecule has 2 aromatic carbocycles. The molecule has 0 bridgehead atoms. The van der Waals surface area contributed by atoms with Crippen LogP contribution in [0.1, 0.15) is 11.1 Å². The van der Waals surface area contributed by atoms with Gasteiger partial charge in [-0.3, -0.25) is 0 Å². The van der Waals surface area contributed by atoms with E-state index in [-0.39, 0.29) is 22.9 Å². The smallest absolute Gasteiger partial charge is 0.416 e. The first-order chi connectivity index (χ1) is 10.1. The van der Waals surface area contributed by atoms with E-state index in [0.717, 1.165) is 0 Å². The predicted molar refractivity (Wildman–Crippen MR) is 68.4 cm³/mol. The van der Waals surface area contributed by atoms with Crippen molar-refractivity contribution in [2.24, 2.45) is 0 Å². The fourth-order valence-electron chi connectivity index (χ4n) is 1.99. The van der Waals surface area contributed by atoms with E-state index in [9.17, 15) is 26.3 Å². The highest BCUT2D eigenvalue weighted by molar-refractivity contribution is 5.72. The third-order valence-corrected chi connectivity index (χ3v) is 3.01. The van der Waals surface area contributed by atoms with Crippen LogP contribution in [0.3, 0.4) is 0 Å². The van der Waals surface area contributed by atoms with Gasteiger partial charge in [0.05, 0.1) is 18.2 Å². The average Bonchev–Trinajstić information content (AvgIpc) is 2.45.